The van der Waals surface area contributed by atoms with Crippen molar-refractivity contribution in [2.45, 2.75) is 25.9 Å². The molecule has 0 aliphatic rings. The first-order chi connectivity index (χ1) is 7.38. The minimum atomic E-state index is -4.12. The van der Waals surface area contributed by atoms with Gasteiger partial charge in [-0.15, -0.1) is 0 Å². The Morgan fingerprint density at radius 1 is 1.44 bits per heavy atom. The zero-order chi connectivity index (χ0) is 12.2. The summed E-state index contributed by atoms with van der Waals surface area (Å²) in [4.78, 5) is 3.96. The summed E-state index contributed by atoms with van der Waals surface area (Å²) in [5, 5.41) is 0. The number of pyridine rings is 1. The Labute approximate surface area is 100.0 Å². The van der Waals surface area contributed by atoms with Crippen LogP contribution in [-0.4, -0.2) is 17.8 Å². The molecule has 1 heterocycles. The molecule has 0 aromatic carbocycles. The number of aryl methyl sites for hydroxylation is 1. The molecule has 0 atom stereocenters. The molecule has 0 saturated heterocycles. The molecule has 1 rings (SSSR count). The van der Waals surface area contributed by atoms with Crippen LogP contribution in [0.2, 0.25) is 0 Å². The number of ether oxygens (including phenoxy) is 1. The Kier molecular flexibility index (Phi) is 4.58. The first-order valence-corrected chi connectivity index (χ1v) is 5.49. The second-order valence-electron chi connectivity index (χ2n) is 3.37. The molecule has 0 amide bonds. The van der Waals surface area contributed by atoms with Gasteiger partial charge in [0.05, 0.1) is 11.1 Å². The number of halogens is 4. The van der Waals surface area contributed by atoms with Gasteiger partial charge in [0.2, 0.25) is 5.88 Å². The maximum Gasteiger partial charge on any atom is 0.389 e. The third-order valence-corrected chi connectivity index (χ3v) is 2.36. The molecule has 0 radical (unpaired) electrons. The number of rotatable bonds is 4. The van der Waals surface area contributed by atoms with E-state index in [4.69, 9.17) is 4.74 Å². The molecule has 90 valence electrons. The van der Waals surface area contributed by atoms with Gasteiger partial charge in [-0.2, -0.15) is 13.2 Å². The number of hydrogen-bond donors (Lipinski definition) is 0. The fourth-order valence-corrected chi connectivity index (χ4v) is 1.65. The second kappa shape index (κ2) is 5.52. The molecule has 16 heavy (non-hydrogen) atoms. The zero-order valence-corrected chi connectivity index (χ0v) is 10.2. The van der Waals surface area contributed by atoms with Gasteiger partial charge in [0.15, 0.2) is 0 Å². The van der Waals surface area contributed by atoms with Gasteiger partial charge < -0.3 is 4.74 Å². The molecular formula is C10H11BrF3NO. The van der Waals surface area contributed by atoms with Gasteiger partial charge in [0.25, 0.3) is 0 Å². The first kappa shape index (κ1) is 13.3. The second-order valence-corrected chi connectivity index (χ2v) is 4.22. The Bertz CT molecular complexity index is 354. The predicted octanol–water partition coefficient (Wildman–Crippen LogP) is 3.87. The van der Waals surface area contributed by atoms with Gasteiger partial charge in [-0.05, 0) is 40.9 Å². The summed E-state index contributed by atoms with van der Waals surface area (Å²) < 4.78 is 41.3. The highest BCUT2D eigenvalue weighted by molar-refractivity contribution is 9.10. The lowest BCUT2D eigenvalue weighted by molar-refractivity contribution is -0.136. The Morgan fingerprint density at radius 2 is 2.12 bits per heavy atom. The van der Waals surface area contributed by atoms with E-state index in [0.29, 0.717) is 10.4 Å². The topological polar surface area (TPSA) is 22.1 Å². The van der Waals surface area contributed by atoms with Crippen molar-refractivity contribution in [1.29, 1.82) is 0 Å². The lowest BCUT2D eigenvalue weighted by Crippen LogP contribution is -2.10. The van der Waals surface area contributed by atoms with Crippen molar-refractivity contribution in [1.82, 2.24) is 4.98 Å². The van der Waals surface area contributed by atoms with Gasteiger partial charge in [0, 0.05) is 12.6 Å². The molecular weight excluding hydrogens is 287 g/mol. The van der Waals surface area contributed by atoms with E-state index in [1.807, 2.05) is 6.92 Å². The summed E-state index contributed by atoms with van der Waals surface area (Å²) in [5.74, 6) is 0.327. The molecule has 0 unspecified atom stereocenters. The van der Waals surface area contributed by atoms with E-state index >= 15 is 0 Å². The third kappa shape index (κ3) is 4.83. The van der Waals surface area contributed by atoms with Crippen LogP contribution in [0.15, 0.2) is 16.7 Å². The van der Waals surface area contributed by atoms with Gasteiger partial charge in [-0.25, -0.2) is 4.98 Å². The average Bonchev–Trinajstić information content (AvgIpc) is 2.13. The standard InChI is InChI=1S/C10H11BrF3NO/c1-7-5-8(11)9(15-6-7)16-4-2-3-10(12,13)14/h5-6H,2-4H2,1H3. The quantitative estimate of drug-likeness (QED) is 0.787. The molecule has 0 fully saturated rings. The minimum absolute atomic E-state index is 0.00811. The Hall–Kier alpha value is -0.780. The van der Waals surface area contributed by atoms with Crippen LogP contribution in [0.1, 0.15) is 18.4 Å². The van der Waals surface area contributed by atoms with E-state index in [2.05, 4.69) is 20.9 Å². The lowest BCUT2D eigenvalue weighted by Gasteiger charge is -2.08. The fraction of sp³-hybridized carbons (Fsp3) is 0.500. The molecule has 0 N–H and O–H groups in total. The summed E-state index contributed by atoms with van der Waals surface area (Å²) in [6.07, 6.45) is -3.42. The molecule has 1 aromatic heterocycles. The monoisotopic (exact) mass is 297 g/mol. The van der Waals surface area contributed by atoms with Crippen LogP contribution in [-0.2, 0) is 0 Å². The molecule has 0 saturated carbocycles. The summed E-state index contributed by atoms with van der Waals surface area (Å²) in [6.45, 7) is 1.87. The van der Waals surface area contributed by atoms with E-state index in [1.54, 1.807) is 12.3 Å². The molecule has 1 aromatic rings. The zero-order valence-electron chi connectivity index (χ0n) is 8.64. The van der Waals surface area contributed by atoms with Gasteiger partial charge in [-0.3, -0.25) is 0 Å². The van der Waals surface area contributed by atoms with Crippen LogP contribution < -0.4 is 4.74 Å². The maximum absolute atomic E-state index is 11.8. The third-order valence-electron chi connectivity index (χ3n) is 1.79. The SMILES string of the molecule is Cc1cnc(OCCCC(F)(F)F)c(Br)c1. The number of alkyl halides is 3. The van der Waals surface area contributed by atoms with E-state index < -0.39 is 12.6 Å². The van der Waals surface area contributed by atoms with Crippen LogP contribution in [0.25, 0.3) is 0 Å². The molecule has 0 aliphatic heterocycles. The molecule has 0 spiro atoms. The van der Waals surface area contributed by atoms with Crippen molar-refractivity contribution in [2.24, 2.45) is 0 Å². The van der Waals surface area contributed by atoms with Crippen LogP contribution in [0.4, 0.5) is 13.2 Å². The summed E-state index contributed by atoms with van der Waals surface area (Å²) in [5.41, 5.74) is 0.953. The predicted molar refractivity (Wildman–Crippen MR) is 57.5 cm³/mol. The van der Waals surface area contributed by atoms with Gasteiger partial charge >= 0.3 is 6.18 Å². The van der Waals surface area contributed by atoms with Gasteiger partial charge in [-0.1, -0.05) is 0 Å². The Morgan fingerprint density at radius 3 is 2.69 bits per heavy atom. The van der Waals surface area contributed by atoms with E-state index in [9.17, 15) is 13.2 Å². The molecule has 0 bridgehead atoms. The van der Waals surface area contributed by atoms with Crippen molar-refractivity contribution in [2.75, 3.05) is 6.61 Å². The van der Waals surface area contributed by atoms with Crippen molar-refractivity contribution in [3.8, 4) is 5.88 Å². The van der Waals surface area contributed by atoms with E-state index in [-0.39, 0.29) is 13.0 Å². The summed E-state index contributed by atoms with van der Waals surface area (Å²) in [6, 6.07) is 1.80. The molecule has 6 heteroatoms. The Balaban J connectivity index is 2.38. The smallest absolute Gasteiger partial charge is 0.389 e. The number of aromatic nitrogens is 1. The number of hydrogen-bond acceptors (Lipinski definition) is 2. The molecule has 2 nitrogen and oxygen atoms in total. The van der Waals surface area contributed by atoms with Crippen molar-refractivity contribution >= 4 is 15.9 Å². The summed E-state index contributed by atoms with van der Waals surface area (Å²) in [7, 11) is 0. The number of nitrogens with zero attached hydrogens (tertiary/aromatic N) is 1. The highest BCUT2D eigenvalue weighted by Crippen LogP contribution is 2.24. The van der Waals surface area contributed by atoms with Crippen molar-refractivity contribution in [3.05, 3.63) is 22.3 Å². The maximum atomic E-state index is 11.8. The lowest BCUT2D eigenvalue weighted by atomic mass is 10.3. The van der Waals surface area contributed by atoms with E-state index in [0.717, 1.165) is 5.56 Å². The van der Waals surface area contributed by atoms with Crippen molar-refractivity contribution < 1.29 is 17.9 Å². The largest absolute Gasteiger partial charge is 0.477 e. The summed E-state index contributed by atoms with van der Waals surface area (Å²) >= 11 is 3.23. The highest BCUT2D eigenvalue weighted by atomic mass is 79.9. The minimum Gasteiger partial charge on any atom is -0.477 e. The van der Waals surface area contributed by atoms with Crippen LogP contribution in [0.5, 0.6) is 5.88 Å². The normalized spacial score (nSPS) is 11.6. The van der Waals surface area contributed by atoms with Gasteiger partial charge in [0.1, 0.15) is 0 Å². The van der Waals surface area contributed by atoms with Crippen LogP contribution >= 0.6 is 15.9 Å². The fourth-order valence-electron chi connectivity index (χ4n) is 1.07. The van der Waals surface area contributed by atoms with Crippen LogP contribution in [0, 0.1) is 6.92 Å². The molecule has 0 aliphatic carbocycles. The van der Waals surface area contributed by atoms with E-state index in [1.165, 1.54) is 0 Å². The highest BCUT2D eigenvalue weighted by Gasteiger charge is 2.26. The van der Waals surface area contributed by atoms with Crippen LogP contribution in [0.3, 0.4) is 0 Å². The van der Waals surface area contributed by atoms with Crippen molar-refractivity contribution in [3.63, 3.8) is 0 Å². The average molecular weight is 298 g/mol. The first-order valence-electron chi connectivity index (χ1n) is 4.70.